The Kier molecular flexibility index (Phi) is 2.44. The topological polar surface area (TPSA) is 23.5 Å². The Morgan fingerprint density at radius 1 is 1.64 bits per heavy atom. The number of aliphatic hydroxyl groups excluding tert-OH is 1. The summed E-state index contributed by atoms with van der Waals surface area (Å²) >= 11 is 0. The van der Waals surface area contributed by atoms with E-state index in [1.807, 2.05) is 0 Å². The van der Waals surface area contributed by atoms with Crippen LogP contribution in [-0.4, -0.2) is 41.7 Å². The van der Waals surface area contributed by atoms with Gasteiger partial charge in [-0.25, -0.2) is 8.78 Å². The summed E-state index contributed by atoms with van der Waals surface area (Å²) in [6, 6.07) is 0. The van der Waals surface area contributed by atoms with E-state index in [-0.39, 0.29) is 13.0 Å². The lowest BCUT2D eigenvalue weighted by molar-refractivity contribution is 0.00836. The summed E-state index contributed by atoms with van der Waals surface area (Å²) in [6.45, 7) is 2.17. The van der Waals surface area contributed by atoms with Gasteiger partial charge in [0.05, 0.1) is 12.6 Å². The third kappa shape index (κ3) is 2.71. The molecule has 0 aliphatic carbocycles. The Morgan fingerprint density at radius 3 is 2.64 bits per heavy atom. The summed E-state index contributed by atoms with van der Waals surface area (Å²) < 4.78 is 25.0. The van der Waals surface area contributed by atoms with Gasteiger partial charge in [0, 0.05) is 19.5 Å². The van der Waals surface area contributed by atoms with Crippen molar-refractivity contribution in [1.82, 2.24) is 4.90 Å². The van der Waals surface area contributed by atoms with Gasteiger partial charge in [0.2, 0.25) is 0 Å². The van der Waals surface area contributed by atoms with E-state index in [9.17, 15) is 8.78 Å². The molecule has 0 aromatic carbocycles. The van der Waals surface area contributed by atoms with Gasteiger partial charge in [-0.15, -0.1) is 0 Å². The highest BCUT2D eigenvalue weighted by atomic mass is 19.3. The molecule has 4 heteroatoms. The van der Waals surface area contributed by atoms with E-state index in [0.717, 1.165) is 0 Å². The summed E-state index contributed by atoms with van der Waals surface area (Å²) in [5.41, 5.74) is 0. The molecule has 11 heavy (non-hydrogen) atoms. The van der Waals surface area contributed by atoms with Crippen LogP contribution in [0.3, 0.4) is 0 Å². The molecule has 1 rings (SSSR count). The number of halogens is 2. The summed E-state index contributed by atoms with van der Waals surface area (Å²) in [4.78, 5) is 1.59. The molecule has 2 nitrogen and oxygen atoms in total. The van der Waals surface area contributed by atoms with Gasteiger partial charge < -0.3 is 5.11 Å². The minimum absolute atomic E-state index is 0.0697. The first-order chi connectivity index (χ1) is 4.99. The Labute approximate surface area is 64.8 Å². The number of hydrogen-bond acceptors (Lipinski definition) is 2. The summed E-state index contributed by atoms with van der Waals surface area (Å²) in [6.07, 6.45) is -0.580. The second-order valence-electron chi connectivity index (χ2n) is 3.19. The van der Waals surface area contributed by atoms with Crippen molar-refractivity contribution < 1.29 is 13.9 Å². The fourth-order valence-corrected chi connectivity index (χ4v) is 1.34. The number of nitrogens with zero attached hydrogens (tertiary/aromatic N) is 1. The first kappa shape index (κ1) is 8.87. The minimum Gasteiger partial charge on any atom is -0.392 e. The standard InChI is InChI=1S/C7H13F2NO/c1-6(11)4-10-3-2-7(8,9)5-10/h6,11H,2-5H2,1H3. The molecular weight excluding hydrogens is 152 g/mol. The molecule has 0 bridgehead atoms. The maximum atomic E-state index is 12.5. The van der Waals surface area contributed by atoms with E-state index >= 15 is 0 Å². The zero-order chi connectivity index (χ0) is 8.48. The fourth-order valence-electron chi connectivity index (χ4n) is 1.34. The van der Waals surface area contributed by atoms with Gasteiger partial charge in [-0.1, -0.05) is 0 Å². The molecule has 66 valence electrons. The highest BCUT2D eigenvalue weighted by molar-refractivity contribution is 4.82. The van der Waals surface area contributed by atoms with Gasteiger partial charge in [0.15, 0.2) is 0 Å². The minimum atomic E-state index is -2.53. The van der Waals surface area contributed by atoms with Crippen molar-refractivity contribution in [2.75, 3.05) is 19.6 Å². The largest absolute Gasteiger partial charge is 0.392 e. The van der Waals surface area contributed by atoms with Crippen LogP contribution in [0.5, 0.6) is 0 Å². The maximum Gasteiger partial charge on any atom is 0.261 e. The molecule has 0 amide bonds. The smallest absolute Gasteiger partial charge is 0.261 e. The van der Waals surface area contributed by atoms with Crippen molar-refractivity contribution in [3.8, 4) is 0 Å². The maximum absolute atomic E-state index is 12.5. The average molecular weight is 165 g/mol. The van der Waals surface area contributed by atoms with Crippen LogP contribution in [0, 0.1) is 0 Å². The van der Waals surface area contributed by atoms with Gasteiger partial charge in [-0.2, -0.15) is 0 Å². The molecular formula is C7H13F2NO. The predicted octanol–water partition coefficient (Wildman–Crippen LogP) is 0.708. The second kappa shape index (κ2) is 3.03. The normalized spacial score (nSPS) is 27.3. The summed E-state index contributed by atoms with van der Waals surface area (Å²) in [5, 5.41) is 8.90. The van der Waals surface area contributed by atoms with E-state index in [2.05, 4.69) is 0 Å². The molecule has 1 aliphatic heterocycles. The SMILES string of the molecule is CC(O)CN1CCC(F)(F)C1. The Morgan fingerprint density at radius 2 is 2.27 bits per heavy atom. The number of aliphatic hydroxyl groups is 1. The van der Waals surface area contributed by atoms with Crippen LogP contribution in [0.15, 0.2) is 0 Å². The van der Waals surface area contributed by atoms with Gasteiger partial charge in [0.25, 0.3) is 5.92 Å². The summed E-state index contributed by atoms with van der Waals surface area (Å²) in [7, 11) is 0. The van der Waals surface area contributed by atoms with Crippen molar-refractivity contribution in [2.45, 2.75) is 25.4 Å². The van der Waals surface area contributed by atoms with E-state index in [0.29, 0.717) is 13.1 Å². The van der Waals surface area contributed by atoms with Crippen LogP contribution in [0.4, 0.5) is 8.78 Å². The zero-order valence-electron chi connectivity index (χ0n) is 6.56. The molecule has 0 spiro atoms. The fraction of sp³-hybridized carbons (Fsp3) is 1.00. The molecule has 1 N–H and O–H groups in total. The monoisotopic (exact) mass is 165 g/mol. The Balaban J connectivity index is 2.31. The molecule has 1 saturated heterocycles. The zero-order valence-corrected chi connectivity index (χ0v) is 6.56. The van der Waals surface area contributed by atoms with Crippen molar-refractivity contribution in [2.24, 2.45) is 0 Å². The quantitative estimate of drug-likeness (QED) is 0.651. The van der Waals surface area contributed by atoms with E-state index in [1.54, 1.807) is 11.8 Å². The predicted molar refractivity (Wildman–Crippen MR) is 37.7 cm³/mol. The first-order valence-electron chi connectivity index (χ1n) is 3.78. The van der Waals surface area contributed by atoms with Gasteiger partial charge >= 0.3 is 0 Å². The van der Waals surface area contributed by atoms with Crippen molar-refractivity contribution in [3.05, 3.63) is 0 Å². The van der Waals surface area contributed by atoms with E-state index in [1.165, 1.54) is 0 Å². The number of likely N-dealkylation sites (tertiary alicyclic amines) is 1. The molecule has 0 saturated carbocycles. The Bertz CT molecular complexity index is 138. The average Bonchev–Trinajstić information content (AvgIpc) is 2.08. The van der Waals surface area contributed by atoms with Crippen LogP contribution in [-0.2, 0) is 0 Å². The van der Waals surface area contributed by atoms with Crippen molar-refractivity contribution in [1.29, 1.82) is 0 Å². The van der Waals surface area contributed by atoms with Crippen LogP contribution in [0.2, 0.25) is 0 Å². The van der Waals surface area contributed by atoms with Crippen LogP contribution < -0.4 is 0 Å². The third-order valence-corrected chi connectivity index (χ3v) is 1.77. The van der Waals surface area contributed by atoms with Crippen LogP contribution >= 0.6 is 0 Å². The number of rotatable bonds is 2. The van der Waals surface area contributed by atoms with Crippen molar-refractivity contribution >= 4 is 0 Å². The second-order valence-corrected chi connectivity index (χ2v) is 3.19. The molecule has 1 heterocycles. The molecule has 1 atom stereocenters. The van der Waals surface area contributed by atoms with Gasteiger partial charge in [-0.05, 0) is 6.92 Å². The third-order valence-electron chi connectivity index (χ3n) is 1.77. The highest BCUT2D eigenvalue weighted by Gasteiger charge is 2.38. The molecule has 1 unspecified atom stereocenters. The molecule has 0 aromatic heterocycles. The highest BCUT2D eigenvalue weighted by Crippen LogP contribution is 2.26. The lowest BCUT2D eigenvalue weighted by Crippen LogP contribution is -2.31. The molecule has 0 radical (unpaired) electrons. The lowest BCUT2D eigenvalue weighted by atomic mass is 10.3. The van der Waals surface area contributed by atoms with E-state index in [4.69, 9.17) is 5.11 Å². The number of alkyl halides is 2. The van der Waals surface area contributed by atoms with Crippen molar-refractivity contribution in [3.63, 3.8) is 0 Å². The molecule has 1 fully saturated rings. The molecule has 0 aromatic rings. The summed E-state index contributed by atoms with van der Waals surface area (Å²) in [5.74, 6) is -2.53. The van der Waals surface area contributed by atoms with Crippen LogP contribution in [0.1, 0.15) is 13.3 Å². The lowest BCUT2D eigenvalue weighted by Gasteiger charge is -2.16. The first-order valence-corrected chi connectivity index (χ1v) is 3.78. The van der Waals surface area contributed by atoms with Crippen LogP contribution in [0.25, 0.3) is 0 Å². The molecule has 1 aliphatic rings. The van der Waals surface area contributed by atoms with E-state index < -0.39 is 12.0 Å². The Hall–Kier alpha value is -0.220. The number of hydrogen-bond donors (Lipinski definition) is 1. The van der Waals surface area contributed by atoms with Gasteiger partial charge in [0.1, 0.15) is 0 Å². The number of β-amino-alcohol motifs (C(OH)–C–C–N with tert-alkyl or cyclic N) is 1. The van der Waals surface area contributed by atoms with Gasteiger partial charge in [-0.3, -0.25) is 4.90 Å².